The molecule has 1 unspecified atom stereocenters. The Hall–Kier alpha value is -4.32. The Bertz CT molecular complexity index is 1300. The molecule has 1 aliphatic rings. The quantitative estimate of drug-likeness (QED) is 0.449. The van der Waals surface area contributed by atoms with Gasteiger partial charge in [0, 0.05) is 43.2 Å². The highest BCUT2D eigenvalue weighted by Crippen LogP contribution is 2.28. The van der Waals surface area contributed by atoms with Crippen molar-refractivity contribution < 1.29 is 23.8 Å². The van der Waals surface area contributed by atoms with Crippen molar-refractivity contribution in [3.05, 3.63) is 70.0 Å². The monoisotopic (exact) mass is 468 g/mol. The second-order valence-corrected chi connectivity index (χ2v) is 7.66. The third-order valence-electron chi connectivity index (χ3n) is 5.05. The molecule has 176 valence electrons. The van der Waals surface area contributed by atoms with Crippen LogP contribution in [0.15, 0.2) is 47.4 Å². The van der Waals surface area contributed by atoms with Crippen molar-refractivity contribution in [1.29, 1.82) is 0 Å². The van der Waals surface area contributed by atoms with Gasteiger partial charge in [0.25, 0.3) is 11.5 Å². The fraction of sp³-hybridized carbons (Fsp3) is 0.227. The van der Waals surface area contributed by atoms with Gasteiger partial charge in [-0.05, 0) is 37.1 Å². The van der Waals surface area contributed by atoms with E-state index in [2.05, 4.69) is 25.8 Å². The van der Waals surface area contributed by atoms with Gasteiger partial charge in [-0.3, -0.25) is 14.9 Å². The van der Waals surface area contributed by atoms with E-state index in [0.717, 1.165) is 6.07 Å². The summed E-state index contributed by atoms with van der Waals surface area (Å²) in [5, 5.41) is 20.6. The summed E-state index contributed by atoms with van der Waals surface area (Å²) in [6.45, 7) is 2.25. The lowest BCUT2D eigenvalue weighted by atomic mass is 10.2. The summed E-state index contributed by atoms with van der Waals surface area (Å²) in [6.07, 6.45) is 1.37. The van der Waals surface area contributed by atoms with Crippen molar-refractivity contribution in [3.8, 4) is 11.5 Å². The Balaban J connectivity index is 1.41. The number of aromatic nitrogens is 3. The van der Waals surface area contributed by atoms with E-state index in [4.69, 9.17) is 4.74 Å². The highest BCUT2D eigenvalue weighted by Gasteiger charge is 2.24. The second-order valence-electron chi connectivity index (χ2n) is 7.66. The Morgan fingerprint density at radius 1 is 1.24 bits per heavy atom. The SMILES string of the molecule is Cc1cc(=O)[nH]nc1C(=O)Nc1ccc(Oc2ccnc(NC(=O)N3CCC(O)C3)c2)c(F)c1. The van der Waals surface area contributed by atoms with Crippen LogP contribution in [-0.4, -0.2) is 56.3 Å². The molecule has 0 aliphatic carbocycles. The predicted molar refractivity (Wildman–Crippen MR) is 119 cm³/mol. The van der Waals surface area contributed by atoms with E-state index in [9.17, 15) is 23.9 Å². The lowest BCUT2D eigenvalue weighted by Crippen LogP contribution is -2.33. The van der Waals surface area contributed by atoms with Gasteiger partial charge >= 0.3 is 6.03 Å². The molecule has 11 nitrogen and oxygen atoms in total. The van der Waals surface area contributed by atoms with Crippen LogP contribution in [0, 0.1) is 12.7 Å². The second kappa shape index (κ2) is 9.67. The number of carbonyl (C=O) groups excluding carboxylic acids is 2. The molecule has 34 heavy (non-hydrogen) atoms. The molecule has 0 radical (unpaired) electrons. The minimum atomic E-state index is -0.739. The Morgan fingerprint density at radius 2 is 2.06 bits per heavy atom. The van der Waals surface area contributed by atoms with Crippen molar-refractivity contribution >= 4 is 23.4 Å². The number of nitrogens with one attached hydrogen (secondary N) is 3. The van der Waals surface area contributed by atoms with Crippen LogP contribution in [0.1, 0.15) is 22.5 Å². The van der Waals surface area contributed by atoms with Crippen LogP contribution in [0.4, 0.5) is 20.7 Å². The number of anilines is 2. The molecule has 1 saturated heterocycles. The van der Waals surface area contributed by atoms with Gasteiger partial charge in [0.2, 0.25) is 0 Å². The molecule has 1 atom stereocenters. The van der Waals surface area contributed by atoms with Gasteiger partial charge in [0.05, 0.1) is 6.10 Å². The van der Waals surface area contributed by atoms with E-state index in [-0.39, 0.29) is 35.2 Å². The van der Waals surface area contributed by atoms with Crippen LogP contribution < -0.4 is 20.9 Å². The predicted octanol–water partition coefficient (Wildman–Crippen LogP) is 2.26. The van der Waals surface area contributed by atoms with Crippen LogP contribution in [-0.2, 0) is 0 Å². The minimum Gasteiger partial charge on any atom is -0.454 e. The normalized spacial score (nSPS) is 15.1. The molecule has 0 spiro atoms. The number of rotatable bonds is 5. The lowest BCUT2D eigenvalue weighted by molar-refractivity contribution is 0.102. The van der Waals surface area contributed by atoms with E-state index in [1.54, 1.807) is 6.92 Å². The molecule has 1 fully saturated rings. The number of H-pyrrole nitrogens is 1. The summed E-state index contributed by atoms with van der Waals surface area (Å²) in [4.78, 5) is 41.4. The summed E-state index contributed by atoms with van der Waals surface area (Å²) in [7, 11) is 0. The minimum absolute atomic E-state index is 0.00939. The zero-order valence-corrected chi connectivity index (χ0v) is 18.0. The van der Waals surface area contributed by atoms with Crippen LogP contribution in [0.3, 0.4) is 0 Å². The average molecular weight is 468 g/mol. The van der Waals surface area contributed by atoms with Crippen LogP contribution in [0.25, 0.3) is 0 Å². The summed E-state index contributed by atoms with van der Waals surface area (Å²) >= 11 is 0. The number of aryl methyl sites for hydroxylation is 1. The maximum absolute atomic E-state index is 14.6. The summed E-state index contributed by atoms with van der Waals surface area (Å²) < 4.78 is 20.2. The van der Waals surface area contributed by atoms with Crippen molar-refractivity contribution in [1.82, 2.24) is 20.1 Å². The van der Waals surface area contributed by atoms with Gasteiger partial charge in [-0.25, -0.2) is 19.3 Å². The zero-order chi connectivity index (χ0) is 24.2. The number of hydrogen-bond acceptors (Lipinski definition) is 7. The van der Waals surface area contributed by atoms with Crippen molar-refractivity contribution in [2.75, 3.05) is 23.7 Å². The van der Waals surface area contributed by atoms with Crippen molar-refractivity contribution in [2.45, 2.75) is 19.4 Å². The number of β-amino-alcohol motifs (C(OH)–C–C–N with tert-alkyl or cyclic N) is 1. The third-order valence-corrected chi connectivity index (χ3v) is 5.05. The number of pyridine rings is 1. The number of halogens is 1. The van der Waals surface area contributed by atoms with Gasteiger partial charge in [-0.1, -0.05) is 0 Å². The largest absolute Gasteiger partial charge is 0.454 e. The van der Waals surface area contributed by atoms with E-state index in [1.807, 2.05) is 0 Å². The number of ether oxygens (including phenoxy) is 1. The van der Waals surface area contributed by atoms with E-state index >= 15 is 0 Å². The van der Waals surface area contributed by atoms with Gasteiger partial charge in [0.15, 0.2) is 17.3 Å². The highest BCUT2D eigenvalue weighted by molar-refractivity contribution is 6.03. The van der Waals surface area contributed by atoms with Crippen LogP contribution in [0.5, 0.6) is 11.5 Å². The van der Waals surface area contributed by atoms with Crippen molar-refractivity contribution in [2.24, 2.45) is 0 Å². The first-order chi connectivity index (χ1) is 16.3. The number of amides is 3. The molecule has 1 aliphatic heterocycles. The first-order valence-corrected chi connectivity index (χ1v) is 10.3. The van der Waals surface area contributed by atoms with E-state index < -0.39 is 29.4 Å². The number of hydrogen-bond donors (Lipinski definition) is 4. The zero-order valence-electron chi connectivity index (χ0n) is 18.0. The number of benzene rings is 1. The smallest absolute Gasteiger partial charge is 0.323 e. The molecule has 3 heterocycles. The van der Waals surface area contributed by atoms with Gasteiger partial charge in [0.1, 0.15) is 11.6 Å². The average Bonchev–Trinajstić information content (AvgIpc) is 3.22. The lowest BCUT2D eigenvalue weighted by Gasteiger charge is -2.16. The maximum atomic E-state index is 14.6. The number of aliphatic hydroxyl groups is 1. The molecule has 3 aromatic rings. The summed E-state index contributed by atoms with van der Waals surface area (Å²) in [5.41, 5.74) is 0.117. The molecular weight excluding hydrogens is 447 g/mol. The van der Waals surface area contributed by atoms with Gasteiger partial charge in [-0.15, -0.1) is 0 Å². The summed E-state index contributed by atoms with van der Waals surface area (Å²) in [6, 6.07) is 7.62. The molecular formula is C22H21FN6O5. The molecule has 4 N–H and O–H groups in total. The first kappa shape index (κ1) is 22.9. The standard InChI is InChI=1S/C22H21FN6O5/c1-12-8-19(31)27-28-20(12)21(32)25-13-2-3-17(16(23)9-13)34-15-4-6-24-18(10-15)26-22(33)29-7-5-14(30)11-29/h2-4,6,8-10,14,30H,5,7,11H2,1H3,(H,25,32)(H,27,31)(H,24,26,33). The number of carbonyl (C=O) groups is 2. The topological polar surface area (TPSA) is 150 Å². The molecule has 12 heteroatoms. The molecule has 1 aromatic carbocycles. The van der Waals surface area contributed by atoms with Crippen molar-refractivity contribution in [3.63, 3.8) is 0 Å². The van der Waals surface area contributed by atoms with E-state index in [1.165, 1.54) is 41.4 Å². The molecule has 0 saturated carbocycles. The first-order valence-electron chi connectivity index (χ1n) is 10.3. The van der Waals surface area contributed by atoms with Gasteiger partial charge in [-0.2, -0.15) is 5.10 Å². The summed E-state index contributed by atoms with van der Waals surface area (Å²) in [5.74, 6) is -1.02. The van der Waals surface area contributed by atoms with Crippen LogP contribution >= 0.6 is 0 Å². The number of likely N-dealkylation sites (tertiary alicyclic amines) is 1. The fourth-order valence-corrected chi connectivity index (χ4v) is 3.36. The molecule has 2 aromatic heterocycles. The number of urea groups is 1. The number of aliphatic hydroxyl groups excluding tert-OH is 1. The Kier molecular flexibility index (Phi) is 6.50. The number of nitrogens with zero attached hydrogens (tertiary/aromatic N) is 3. The van der Waals surface area contributed by atoms with Crippen LogP contribution in [0.2, 0.25) is 0 Å². The fourth-order valence-electron chi connectivity index (χ4n) is 3.36. The Morgan fingerprint density at radius 3 is 2.76 bits per heavy atom. The number of aromatic amines is 1. The van der Waals surface area contributed by atoms with E-state index in [0.29, 0.717) is 18.5 Å². The van der Waals surface area contributed by atoms with Gasteiger partial charge < -0.3 is 20.1 Å². The third kappa shape index (κ3) is 5.35. The Labute approximate surface area is 192 Å². The molecule has 3 amide bonds. The molecule has 4 rings (SSSR count). The maximum Gasteiger partial charge on any atom is 0.323 e. The highest BCUT2D eigenvalue weighted by atomic mass is 19.1. The molecule has 0 bridgehead atoms.